The molecule has 0 aliphatic heterocycles. The van der Waals surface area contributed by atoms with Crippen molar-refractivity contribution in [1.82, 2.24) is 0 Å². The van der Waals surface area contributed by atoms with Crippen molar-refractivity contribution in [2.24, 2.45) is 0 Å². The van der Waals surface area contributed by atoms with Crippen molar-refractivity contribution in [3.8, 4) is 0 Å². The lowest BCUT2D eigenvalue weighted by Gasteiger charge is -2.06. The highest BCUT2D eigenvalue weighted by Crippen LogP contribution is 2.24. The van der Waals surface area contributed by atoms with Crippen molar-refractivity contribution in [1.29, 1.82) is 0 Å². The Hall–Kier alpha value is 0.470. The molecule has 0 amide bonds. The molecule has 0 spiro atoms. The molecule has 11 heavy (non-hydrogen) atoms. The predicted octanol–water partition coefficient (Wildman–Crippen LogP) is 4.69. The van der Waals surface area contributed by atoms with Gasteiger partial charge < -0.3 is 0 Å². The van der Waals surface area contributed by atoms with Gasteiger partial charge in [0.15, 0.2) is 0 Å². The van der Waals surface area contributed by atoms with E-state index in [1.165, 1.54) is 32.1 Å². The predicted molar refractivity (Wildman–Crippen MR) is 61.2 cm³/mol. The minimum absolute atomic E-state index is 1.24. The van der Waals surface area contributed by atoms with Crippen molar-refractivity contribution in [3.05, 3.63) is 9.15 Å². The van der Waals surface area contributed by atoms with Crippen molar-refractivity contribution in [3.63, 3.8) is 0 Å². The second-order valence-corrected chi connectivity index (χ2v) is 4.16. The van der Waals surface area contributed by atoms with Crippen molar-refractivity contribution in [2.75, 3.05) is 0 Å². The molecule has 0 bridgehead atoms. The fourth-order valence-electron chi connectivity index (χ4n) is 1.20. The van der Waals surface area contributed by atoms with E-state index < -0.39 is 0 Å². The number of halogens is 1. The molecule has 0 unspecified atom stereocenters. The van der Waals surface area contributed by atoms with E-state index in [-0.39, 0.29) is 0 Å². The average Bonchev–Trinajstić information content (AvgIpc) is 2.00. The normalized spacial score (nSPS) is 13.1. The Morgan fingerprint density at radius 2 is 1.55 bits per heavy atom. The first-order valence-electron chi connectivity index (χ1n) is 4.62. The number of hydrogen-bond donors (Lipinski definition) is 0. The second kappa shape index (κ2) is 7.14. The van der Waals surface area contributed by atoms with E-state index in [1.54, 1.807) is 9.15 Å². The Morgan fingerprint density at radius 1 is 1.00 bits per heavy atom. The first-order valence-corrected chi connectivity index (χ1v) is 5.70. The molecule has 0 aromatic carbocycles. The monoisotopic (exact) mass is 266 g/mol. The number of allylic oxidation sites excluding steroid dienone is 2. The summed E-state index contributed by atoms with van der Waals surface area (Å²) in [5, 5.41) is 0. The van der Waals surface area contributed by atoms with Crippen LogP contribution in [0, 0.1) is 0 Å². The second-order valence-electron chi connectivity index (χ2n) is 2.86. The van der Waals surface area contributed by atoms with Crippen LogP contribution in [0.15, 0.2) is 9.15 Å². The lowest BCUT2D eigenvalue weighted by Crippen LogP contribution is -1.85. The van der Waals surface area contributed by atoms with Crippen LogP contribution in [0.1, 0.15) is 52.9 Å². The van der Waals surface area contributed by atoms with E-state index in [0.717, 1.165) is 0 Å². The molecule has 0 rings (SSSR count). The summed E-state index contributed by atoms with van der Waals surface area (Å²) in [5.41, 5.74) is 1.68. The van der Waals surface area contributed by atoms with Gasteiger partial charge >= 0.3 is 0 Å². The van der Waals surface area contributed by atoms with Gasteiger partial charge in [-0.15, -0.1) is 0 Å². The topological polar surface area (TPSA) is 0 Å². The van der Waals surface area contributed by atoms with Gasteiger partial charge in [0, 0.05) is 0 Å². The van der Waals surface area contributed by atoms with E-state index in [1.807, 2.05) is 0 Å². The zero-order chi connectivity index (χ0) is 8.69. The average molecular weight is 266 g/mol. The molecule has 0 saturated heterocycles. The fourth-order valence-corrected chi connectivity index (χ4v) is 2.39. The molecule has 1 heteroatoms. The molecule has 0 atom stereocenters. The summed E-state index contributed by atoms with van der Waals surface area (Å²) in [6, 6.07) is 0. The van der Waals surface area contributed by atoms with Gasteiger partial charge in [-0.1, -0.05) is 39.2 Å². The summed E-state index contributed by atoms with van der Waals surface area (Å²) < 4.78 is 1.61. The summed E-state index contributed by atoms with van der Waals surface area (Å²) in [4.78, 5) is 0. The van der Waals surface area contributed by atoms with Crippen molar-refractivity contribution in [2.45, 2.75) is 52.9 Å². The Bertz CT molecular complexity index is 125. The standard InChI is InChI=1S/C10H19I/c1-4-7-9(6-3)10(11)8-5-2/h4-8H2,1-3H3/b10-9+. The van der Waals surface area contributed by atoms with E-state index in [0.29, 0.717) is 0 Å². The summed E-state index contributed by atoms with van der Waals surface area (Å²) in [6.45, 7) is 6.77. The van der Waals surface area contributed by atoms with Crippen LogP contribution in [0.5, 0.6) is 0 Å². The third-order valence-electron chi connectivity index (χ3n) is 1.83. The molecule has 0 nitrogen and oxygen atoms in total. The SMILES string of the molecule is CCC/C(I)=C(/CC)CCC. The maximum Gasteiger partial charge on any atom is -0.0102 e. The van der Waals surface area contributed by atoms with Gasteiger partial charge in [-0.2, -0.15) is 0 Å². The van der Waals surface area contributed by atoms with Gasteiger partial charge in [0.05, 0.1) is 0 Å². The van der Waals surface area contributed by atoms with Gasteiger partial charge in [0.1, 0.15) is 0 Å². The molecule has 0 N–H and O–H groups in total. The molecule has 0 saturated carbocycles. The Balaban J connectivity index is 4.02. The molecular formula is C10H19I. The summed E-state index contributed by atoms with van der Waals surface area (Å²) in [7, 11) is 0. The summed E-state index contributed by atoms with van der Waals surface area (Å²) in [6.07, 6.45) is 6.40. The van der Waals surface area contributed by atoms with Crippen LogP contribution in [0.3, 0.4) is 0 Å². The van der Waals surface area contributed by atoms with Gasteiger partial charge in [0.2, 0.25) is 0 Å². The maximum absolute atomic E-state index is 2.51. The molecular weight excluding hydrogens is 247 g/mol. The van der Waals surface area contributed by atoms with Gasteiger partial charge in [-0.05, 0) is 45.4 Å². The third-order valence-corrected chi connectivity index (χ3v) is 3.13. The van der Waals surface area contributed by atoms with Crippen LogP contribution >= 0.6 is 22.6 Å². The zero-order valence-corrected chi connectivity index (χ0v) is 10.1. The van der Waals surface area contributed by atoms with Gasteiger partial charge in [-0.3, -0.25) is 0 Å². The summed E-state index contributed by atoms with van der Waals surface area (Å²) >= 11 is 2.51. The highest BCUT2D eigenvalue weighted by atomic mass is 127. The Labute approximate surface area is 84.6 Å². The third kappa shape index (κ3) is 4.83. The summed E-state index contributed by atoms with van der Waals surface area (Å²) in [5.74, 6) is 0. The first kappa shape index (κ1) is 11.5. The van der Waals surface area contributed by atoms with Gasteiger partial charge in [0.25, 0.3) is 0 Å². The zero-order valence-electron chi connectivity index (χ0n) is 7.91. The van der Waals surface area contributed by atoms with Crippen molar-refractivity contribution >= 4 is 22.6 Å². The van der Waals surface area contributed by atoms with Crippen LogP contribution in [0.2, 0.25) is 0 Å². The molecule has 0 aliphatic rings. The Morgan fingerprint density at radius 3 is 1.91 bits per heavy atom. The van der Waals surface area contributed by atoms with E-state index in [2.05, 4.69) is 43.4 Å². The Kier molecular flexibility index (Phi) is 7.44. The van der Waals surface area contributed by atoms with Crippen LogP contribution in [-0.4, -0.2) is 0 Å². The van der Waals surface area contributed by atoms with Crippen LogP contribution in [-0.2, 0) is 0 Å². The van der Waals surface area contributed by atoms with Crippen molar-refractivity contribution < 1.29 is 0 Å². The van der Waals surface area contributed by atoms with Crippen LogP contribution in [0.25, 0.3) is 0 Å². The highest BCUT2D eigenvalue weighted by Gasteiger charge is 1.99. The lowest BCUT2D eigenvalue weighted by atomic mass is 10.1. The maximum atomic E-state index is 2.51. The molecule has 0 radical (unpaired) electrons. The number of rotatable bonds is 5. The molecule has 0 heterocycles. The van der Waals surface area contributed by atoms with E-state index >= 15 is 0 Å². The smallest absolute Gasteiger partial charge is 0.0102 e. The molecule has 66 valence electrons. The fraction of sp³-hybridized carbons (Fsp3) is 0.800. The molecule has 0 aromatic heterocycles. The largest absolute Gasteiger partial charge is 0.0651 e. The lowest BCUT2D eigenvalue weighted by molar-refractivity contribution is 0.832. The number of hydrogen-bond acceptors (Lipinski definition) is 0. The van der Waals surface area contributed by atoms with Crippen LogP contribution < -0.4 is 0 Å². The van der Waals surface area contributed by atoms with E-state index in [4.69, 9.17) is 0 Å². The first-order chi connectivity index (χ1) is 5.26. The quantitative estimate of drug-likeness (QED) is 0.633. The van der Waals surface area contributed by atoms with Gasteiger partial charge in [-0.25, -0.2) is 0 Å². The van der Waals surface area contributed by atoms with Crippen LogP contribution in [0.4, 0.5) is 0 Å². The molecule has 0 aromatic rings. The molecule has 0 fully saturated rings. The molecule has 0 aliphatic carbocycles. The van der Waals surface area contributed by atoms with E-state index in [9.17, 15) is 0 Å². The highest BCUT2D eigenvalue weighted by molar-refractivity contribution is 14.1. The minimum Gasteiger partial charge on any atom is -0.0651 e. The minimum atomic E-state index is 1.24.